The number of hydrogen-bond acceptors (Lipinski definition) is 4. The lowest BCUT2D eigenvalue weighted by atomic mass is 10.3. The van der Waals surface area contributed by atoms with Crippen LogP contribution in [0.25, 0.3) is 0 Å². The van der Waals surface area contributed by atoms with E-state index in [2.05, 4.69) is 15.9 Å². The second-order valence-corrected chi connectivity index (χ2v) is 3.44. The van der Waals surface area contributed by atoms with Gasteiger partial charge in [-0.25, -0.2) is 0 Å². The van der Waals surface area contributed by atoms with E-state index in [0.717, 1.165) is 0 Å². The highest BCUT2D eigenvalue weighted by Gasteiger charge is 2.08. The van der Waals surface area contributed by atoms with Gasteiger partial charge in [0.2, 0.25) is 0 Å². The minimum absolute atomic E-state index is 0.000301. The molecule has 0 aliphatic rings. The Morgan fingerprint density at radius 2 is 2.25 bits per heavy atom. The van der Waals surface area contributed by atoms with Crippen LogP contribution in [0.2, 0.25) is 0 Å². The molecule has 1 rings (SSSR count). The van der Waals surface area contributed by atoms with E-state index in [4.69, 9.17) is 4.55 Å². The number of halogens is 1. The van der Waals surface area contributed by atoms with Crippen molar-refractivity contribution >= 4 is 33.7 Å². The summed E-state index contributed by atoms with van der Waals surface area (Å²) in [5.74, 6) is 0. The Bertz CT molecular complexity index is 318. The van der Waals surface area contributed by atoms with Crippen LogP contribution in [0, 0.1) is 10.1 Å². The summed E-state index contributed by atoms with van der Waals surface area (Å²) in [5.41, 5.74) is -0.000301. The van der Waals surface area contributed by atoms with E-state index in [1.807, 2.05) is 0 Å². The Morgan fingerprint density at radius 1 is 1.58 bits per heavy atom. The topological polar surface area (TPSA) is 63.4 Å². The predicted octanol–water partition coefficient (Wildman–Crippen LogP) is 2.92. The first-order valence-corrected chi connectivity index (χ1v) is 4.47. The summed E-state index contributed by atoms with van der Waals surface area (Å²) in [6, 6.07) is 4.16. The van der Waals surface area contributed by atoms with Crippen LogP contribution in [0.15, 0.2) is 27.6 Å². The van der Waals surface area contributed by atoms with Crippen molar-refractivity contribution in [3.8, 4) is 0 Å². The Balaban J connectivity index is 3.10. The molecule has 64 valence electrons. The van der Waals surface area contributed by atoms with Crippen molar-refractivity contribution in [2.45, 2.75) is 4.90 Å². The normalized spacial score (nSPS) is 9.83. The molecule has 0 spiro atoms. The lowest BCUT2D eigenvalue weighted by molar-refractivity contribution is -0.385. The molecule has 0 saturated heterocycles. The lowest BCUT2D eigenvalue weighted by Gasteiger charge is -1.97. The summed E-state index contributed by atoms with van der Waals surface area (Å²) in [6.45, 7) is 0. The van der Waals surface area contributed by atoms with Crippen LogP contribution in [-0.4, -0.2) is 9.48 Å². The third-order valence-electron chi connectivity index (χ3n) is 1.22. The molecule has 0 atom stereocenters. The zero-order valence-electron chi connectivity index (χ0n) is 5.73. The van der Waals surface area contributed by atoms with Crippen LogP contribution in [0.4, 0.5) is 5.69 Å². The van der Waals surface area contributed by atoms with Crippen LogP contribution >= 0.6 is 28.0 Å². The molecular formula is C6H4BrNO3S. The van der Waals surface area contributed by atoms with Gasteiger partial charge in [-0.3, -0.25) is 10.1 Å². The highest BCUT2D eigenvalue weighted by Crippen LogP contribution is 2.28. The molecule has 0 bridgehead atoms. The van der Waals surface area contributed by atoms with E-state index >= 15 is 0 Å². The second kappa shape index (κ2) is 3.88. The molecule has 0 heterocycles. The highest BCUT2D eigenvalue weighted by atomic mass is 79.9. The van der Waals surface area contributed by atoms with Gasteiger partial charge in [-0.05, 0) is 22.0 Å². The van der Waals surface area contributed by atoms with E-state index < -0.39 is 4.92 Å². The van der Waals surface area contributed by atoms with Crippen molar-refractivity contribution < 1.29 is 9.48 Å². The van der Waals surface area contributed by atoms with E-state index in [0.29, 0.717) is 21.4 Å². The first-order valence-electron chi connectivity index (χ1n) is 2.90. The summed E-state index contributed by atoms with van der Waals surface area (Å²) in [4.78, 5) is 10.3. The Labute approximate surface area is 81.1 Å². The zero-order valence-corrected chi connectivity index (χ0v) is 8.13. The third kappa shape index (κ3) is 1.96. The molecule has 0 amide bonds. The molecule has 1 aromatic rings. The van der Waals surface area contributed by atoms with Gasteiger partial charge < -0.3 is 4.55 Å². The first-order chi connectivity index (χ1) is 5.65. The zero-order chi connectivity index (χ0) is 9.14. The van der Waals surface area contributed by atoms with Crippen molar-refractivity contribution in [3.05, 3.63) is 32.8 Å². The summed E-state index contributed by atoms with van der Waals surface area (Å²) < 4.78 is 9.18. The van der Waals surface area contributed by atoms with Crippen LogP contribution in [0.5, 0.6) is 0 Å². The molecule has 4 nitrogen and oxygen atoms in total. The van der Waals surface area contributed by atoms with Gasteiger partial charge in [-0.1, -0.05) is 0 Å². The predicted molar refractivity (Wildman–Crippen MR) is 49.3 cm³/mol. The highest BCUT2D eigenvalue weighted by molar-refractivity contribution is 9.10. The molecule has 1 N–H and O–H groups in total. The molecule has 6 heteroatoms. The molecule has 12 heavy (non-hydrogen) atoms. The van der Waals surface area contributed by atoms with Crippen molar-refractivity contribution in [3.63, 3.8) is 0 Å². The smallest absolute Gasteiger partial charge is 0.270 e. The number of non-ortho nitro benzene ring substituents is 1. The summed E-state index contributed by atoms with van der Waals surface area (Å²) in [5, 5.41) is 10.3. The van der Waals surface area contributed by atoms with Gasteiger partial charge in [0, 0.05) is 33.5 Å². The molecule has 0 fully saturated rings. The maximum absolute atomic E-state index is 10.3. The van der Waals surface area contributed by atoms with Crippen molar-refractivity contribution in [1.82, 2.24) is 0 Å². The average Bonchev–Trinajstić information content (AvgIpc) is 2.04. The minimum Gasteiger partial charge on any atom is -0.325 e. The lowest BCUT2D eigenvalue weighted by Crippen LogP contribution is -1.87. The number of hydrogen-bond donors (Lipinski definition) is 1. The van der Waals surface area contributed by atoms with Crippen molar-refractivity contribution in [1.29, 1.82) is 0 Å². The molecule has 0 aliphatic heterocycles. The van der Waals surface area contributed by atoms with Gasteiger partial charge in [-0.2, -0.15) is 0 Å². The standard InChI is InChI=1S/C6H4BrNO3S/c7-5-3-4(8(9)10)1-2-6(5)12-11/h1-3,11H. The minimum atomic E-state index is -0.490. The summed E-state index contributed by atoms with van der Waals surface area (Å²) in [6.07, 6.45) is 0. The maximum atomic E-state index is 10.3. The molecule has 1 aromatic carbocycles. The van der Waals surface area contributed by atoms with Gasteiger partial charge in [0.1, 0.15) is 0 Å². The molecule has 0 saturated carbocycles. The number of nitrogens with zero attached hydrogens (tertiary/aromatic N) is 1. The van der Waals surface area contributed by atoms with Crippen LogP contribution < -0.4 is 0 Å². The van der Waals surface area contributed by atoms with Gasteiger partial charge in [0.25, 0.3) is 5.69 Å². The number of nitro benzene ring substituents is 1. The Hall–Kier alpha value is -0.590. The molecule has 0 unspecified atom stereocenters. The quantitative estimate of drug-likeness (QED) is 0.498. The van der Waals surface area contributed by atoms with Gasteiger partial charge in [-0.15, -0.1) is 0 Å². The summed E-state index contributed by atoms with van der Waals surface area (Å²) >= 11 is 3.64. The van der Waals surface area contributed by atoms with Crippen LogP contribution in [0.3, 0.4) is 0 Å². The van der Waals surface area contributed by atoms with E-state index in [1.54, 1.807) is 0 Å². The SMILES string of the molecule is O=[N+]([O-])c1ccc(SO)c(Br)c1. The number of benzene rings is 1. The monoisotopic (exact) mass is 249 g/mol. The fourth-order valence-electron chi connectivity index (χ4n) is 0.677. The molecule has 0 radical (unpaired) electrons. The number of nitro groups is 1. The Kier molecular flexibility index (Phi) is 3.07. The second-order valence-electron chi connectivity index (χ2n) is 1.96. The van der Waals surface area contributed by atoms with Crippen molar-refractivity contribution in [2.24, 2.45) is 0 Å². The Morgan fingerprint density at radius 3 is 2.67 bits per heavy atom. The van der Waals surface area contributed by atoms with E-state index in [1.165, 1.54) is 18.2 Å². The van der Waals surface area contributed by atoms with E-state index in [-0.39, 0.29) is 5.69 Å². The molecule has 0 aromatic heterocycles. The van der Waals surface area contributed by atoms with Crippen LogP contribution in [0.1, 0.15) is 0 Å². The fraction of sp³-hybridized carbons (Fsp3) is 0. The van der Waals surface area contributed by atoms with Crippen molar-refractivity contribution in [2.75, 3.05) is 0 Å². The molecular weight excluding hydrogens is 246 g/mol. The van der Waals surface area contributed by atoms with Crippen LogP contribution in [-0.2, 0) is 0 Å². The fourth-order valence-corrected chi connectivity index (χ4v) is 1.54. The molecule has 0 aliphatic carbocycles. The average molecular weight is 250 g/mol. The maximum Gasteiger partial charge on any atom is 0.270 e. The van der Waals surface area contributed by atoms with Gasteiger partial charge in [0.15, 0.2) is 0 Å². The third-order valence-corrected chi connectivity index (χ3v) is 2.70. The van der Waals surface area contributed by atoms with Gasteiger partial charge in [0.05, 0.1) is 4.92 Å². The largest absolute Gasteiger partial charge is 0.325 e. The number of rotatable bonds is 2. The first kappa shape index (κ1) is 9.50. The van der Waals surface area contributed by atoms with Gasteiger partial charge >= 0.3 is 0 Å². The van der Waals surface area contributed by atoms with E-state index in [9.17, 15) is 10.1 Å². The summed E-state index contributed by atoms with van der Waals surface area (Å²) in [7, 11) is 0.